The van der Waals surface area contributed by atoms with E-state index in [-0.39, 0.29) is 18.2 Å². The number of carbonyl (C=O) groups is 1. The van der Waals surface area contributed by atoms with Gasteiger partial charge in [0, 0.05) is 12.1 Å². The van der Waals surface area contributed by atoms with Crippen molar-refractivity contribution in [1.29, 1.82) is 0 Å². The minimum absolute atomic E-state index is 0.0135. The molecule has 124 valence electrons. The first-order valence-electron chi connectivity index (χ1n) is 6.80. The van der Waals surface area contributed by atoms with Crippen molar-refractivity contribution in [1.82, 2.24) is 5.32 Å². The molecule has 3 N–H and O–H groups in total. The van der Waals surface area contributed by atoms with Gasteiger partial charge in [0.25, 0.3) is 0 Å². The maximum atomic E-state index is 12.4. The summed E-state index contributed by atoms with van der Waals surface area (Å²) >= 11 is 0. The van der Waals surface area contributed by atoms with Crippen LogP contribution in [0.2, 0.25) is 0 Å². The Kier molecular flexibility index (Phi) is 6.11. The van der Waals surface area contributed by atoms with Crippen molar-refractivity contribution in [2.24, 2.45) is 11.1 Å². The highest BCUT2D eigenvalue weighted by Crippen LogP contribution is 2.26. The summed E-state index contributed by atoms with van der Waals surface area (Å²) in [5.74, 6) is 0.102. The fourth-order valence-corrected chi connectivity index (χ4v) is 1.72. The van der Waals surface area contributed by atoms with E-state index in [4.69, 9.17) is 10.5 Å². The fourth-order valence-electron chi connectivity index (χ4n) is 1.72. The average Bonchev–Trinajstić information content (AvgIpc) is 2.43. The van der Waals surface area contributed by atoms with Crippen LogP contribution in [-0.4, -0.2) is 25.7 Å². The Balaban J connectivity index is 2.85. The van der Waals surface area contributed by atoms with Gasteiger partial charge in [0.15, 0.2) is 0 Å². The molecule has 0 aliphatic rings. The summed E-state index contributed by atoms with van der Waals surface area (Å²) < 4.78 is 34.3. The number of nitrogens with one attached hydrogen (secondary N) is 1. The lowest BCUT2D eigenvalue weighted by atomic mass is 9.87. The summed E-state index contributed by atoms with van der Waals surface area (Å²) in [5, 5.41) is 2.63. The fraction of sp³-hybridized carbons (Fsp3) is 0.533. The van der Waals surface area contributed by atoms with E-state index in [1.807, 2.05) is 20.8 Å². The van der Waals surface area contributed by atoms with Crippen LogP contribution >= 0.6 is 0 Å². The molecule has 0 saturated carbocycles. The molecule has 0 saturated heterocycles. The van der Waals surface area contributed by atoms with E-state index < -0.39 is 18.1 Å². The summed E-state index contributed by atoms with van der Waals surface area (Å²) in [6, 6.07) is 3.69. The van der Waals surface area contributed by atoms with Gasteiger partial charge < -0.3 is 20.5 Å². The quantitative estimate of drug-likeness (QED) is 0.844. The maximum Gasteiger partial charge on any atom is 0.387 e. The van der Waals surface area contributed by atoms with Gasteiger partial charge >= 0.3 is 6.61 Å². The van der Waals surface area contributed by atoms with Crippen molar-refractivity contribution >= 4 is 5.91 Å². The van der Waals surface area contributed by atoms with Gasteiger partial charge in [-0.05, 0) is 23.6 Å². The molecular formula is C15H22F2N2O3. The van der Waals surface area contributed by atoms with Gasteiger partial charge in [0.2, 0.25) is 5.91 Å². The molecule has 0 heterocycles. The van der Waals surface area contributed by atoms with Gasteiger partial charge in [-0.2, -0.15) is 8.78 Å². The van der Waals surface area contributed by atoms with Crippen LogP contribution in [0, 0.1) is 5.41 Å². The summed E-state index contributed by atoms with van der Waals surface area (Å²) in [5.41, 5.74) is 5.83. The molecule has 5 nitrogen and oxygen atoms in total. The molecule has 0 aliphatic carbocycles. The van der Waals surface area contributed by atoms with Crippen LogP contribution in [0.25, 0.3) is 0 Å². The standard InChI is InChI=1S/C15H22F2N2O3/c1-15(2,3)12(18)13(20)19-8-9-7-10(21-4)5-6-11(9)22-14(16)17/h5-7,12,14H,8,18H2,1-4H3,(H,19,20)/t12-/m1/s1. The van der Waals surface area contributed by atoms with E-state index in [1.54, 1.807) is 0 Å². The van der Waals surface area contributed by atoms with Crippen LogP contribution in [0.15, 0.2) is 18.2 Å². The van der Waals surface area contributed by atoms with Crippen molar-refractivity contribution in [3.63, 3.8) is 0 Å². The maximum absolute atomic E-state index is 12.4. The zero-order chi connectivity index (χ0) is 16.9. The molecule has 1 aromatic rings. The molecular weight excluding hydrogens is 294 g/mol. The van der Waals surface area contributed by atoms with Crippen LogP contribution in [0.3, 0.4) is 0 Å². The highest BCUT2D eigenvalue weighted by Gasteiger charge is 2.27. The van der Waals surface area contributed by atoms with Gasteiger partial charge in [0.05, 0.1) is 13.2 Å². The Morgan fingerprint density at radius 2 is 2.00 bits per heavy atom. The second kappa shape index (κ2) is 7.40. The van der Waals surface area contributed by atoms with Crippen LogP contribution in [0.5, 0.6) is 11.5 Å². The Hall–Kier alpha value is -1.89. The molecule has 0 radical (unpaired) electrons. The van der Waals surface area contributed by atoms with E-state index in [0.717, 1.165) is 0 Å². The normalized spacial score (nSPS) is 12.9. The lowest BCUT2D eigenvalue weighted by Crippen LogP contribution is -2.48. The number of ether oxygens (including phenoxy) is 2. The number of nitrogens with two attached hydrogens (primary N) is 1. The molecule has 7 heteroatoms. The molecule has 0 aromatic heterocycles. The Morgan fingerprint density at radius 1 is 1.36 bits per heavy atom. The molecule has 0 fully saturated rings. The van der Waals surface area contributed by atoms with Gasteiger partial charge in [-0.1, -0.05) is 20.8 Å². The lowest BCUT2D eigenvalue weighted by Gasteiger charge is -2.26. The third-order valence-corrected chi connectivity index (χ3v) is 3.15. The van der Waals surface area contributed by atoms with E-state index >= 15 is 0 Å². The van der Waals surface area contributed by atoms with E-state index in [0.29, 0.717) is 11.3 Å². The van der Waals surface area contributed by atoms with Crippen LogP contribution < -0.4 is 20.5 Å². The SMILES string of the molecule is COc1ccc(OC(F)F)c(CNC(=O)[C@@H](N)C(C)(C)C)c1. The molecule has 1 aromatic carbocycles. The summed E-state index contributed by atoms with van der Waals surface area (Å²) in [4.78, 5) is 12.0. The Bertz CT molecular complexity index is 516. The number of benzene rings is 1. The number of hydrogen-bond acceptors (Lipinski definition) is 4. The van der Waals surface area contributed by atoms with Crippen molar-refractivity contribution in [3.8, 4) is 11.5 Å². The third kappa shape index (κ3) is 5.14. The molecule has 0 bridgehead atoms. The Morgan fingerprint density at radius 3 is 2.50 bits per heavy atom. The van der Waals surface area contributed by atoms with Crippen molar-refractivity contribution in [3.05, 3.63) is 23.8 Å². The first kappa shape index (κ1) is 18.2. The number of halogens is 2. The molecule has 1 amide bonds. The van der Waals surface area contributed by atoms with Gasteiger partial charge in [-0.15, -0.1) is 0 Å². The minimum Gasteiger partial charge on any atom is -0.497 e. The predicted octanol–water partition coefficient (Wildman–Crippen LogP) is 2.29. The number of hydrogen-bond donors (Lipinski definition) is 2. The first-order valence-corrected chi connectivity index (χ1v) is 6.80. The van der Waals surface area contributed by atoms with Gasteiger partial charge in [-0.3, -0.25) is 4.79 Å². The first-order chi connectivity index (χ1) is 10.1. The van der Waals surface area contributed by atoms with E-state index in [1.165, 1.54) is 25.3 Å². The number of rotatable bonds is 6. The highest BCUT2D eigenvalue weighted by atomic mass is 19.3. The molecule has 1 rings (SSSR count). The molecule has 22 heavy (non-hydrogen) atoms. The number of carbonyl (C=O) groups excluding carboxylic acids is 1. The summed E-state index contributed by atoms with van der Waals surface area (Å²) in [6.45, 7) is 2.60. The zero-order valence-corrected chi connectivity index (χ0v) is 13.2. The number of methoxy groups -OCH3 is 1. The molecule has 1 atom stereocenters. The third-order valence-electron chi connectivity index (χ3n) is 3.15. The van der Waals surface area contributed by atoms with E-state index in [2.05, 4.69) is 10.1 Å². The van der Waals surface area contributed by atoms with Crippen LogP contribution in [0.4, 0.5) is 8.78 Å². The second-order valence-electron chi connectivity index (χ2n) is 5.91. The monoisotopic (exact) mass is 316 g/mol. The van der Waals surface area contributed by atoms with Crippen LogP contribution in [-0.2, 0) is 11.3 Å². The van der Waals surface area contributed by atoms with Gasteiger partial charge in [-0.25, -0.2) is 0 Å². The zero-order valence-electron chi connectivity index (χ0n) is 13.2. The Labute approximate surface area is 128 Å². The smallest absolute Gasteiger partial charge is 0.387 e. The van der Waals surface area contributed by atoms with Crippen molar-refractivity contribution < 1.29 is 23.0 Å². The highest BCUT2D eigenvalue weighted by molar-refractivity contribution is 5.82. The summed E-state index contributed by atoms with van der Waals surface area (Å²) in [7, 11) is 1.46. The average molecular weight is 316 g/mol. The topological polar surface area (TPSA) is 73.6 Å². The molecule has 0 unspecified atom stereocenters. The molecule has 0 spiro atoms. The van der Waals surface area contributed by atoms with Crippen LogP contribution in [0.1, 0.15) is 26.3 Å². The number of amides is 1. The summed E-state index contributed by atoms with van der Waals surface area (Å²) in [6.07, 6.45) is 0. The van der Waals surface area contributed by atoms with Crippen molar-refractivity contribution in [2.75, 3.05) is 7.11 Å². The lowest BCUT2D eigenvalue weighted by molar-refractivity contribution is -0.124. The van der Waals surface area contributed by atoms with E-state index in [9.17, 15) is 13.6 Å². The predicted molar refractivity (Wildman–Crippen MR) is 78.9 cm³/mol. The number of alkyl halides is 2. The van der Waals surface area contributed by atoms with Crippen molar-refractivity contribution in [2.45, 2.75) is 40.0 Å². The second-order valence-corrected chi connectivity index (χ2v) is 5.91. The van der Waals surface area contributed by atoms with Gasteiger partial charge in [0.1, 0.15) is 11.5 Å². The largest absolute Gasteiger partial charge is 0.497 e. The molecule has 0 aliphatic heterocycles. The minimum atomic E-state index is -2.94.